The average molecular weight is 472 g/mol. The van der Waals surface area contributed by atoms with E-state index in [4.69, 9.17) is 4.74 Å². The number of carbonyl (C=O) groups is 1. The molecule has 2 saturated heterocycles. The second kappa shape index (κ2) is 10.7. The Kier molecular flexibility index (Phi) is 7.67. The summed E-state index contributed by atoms with van der Waals surface area (Å²) < 4.78 is 33.7. The summed E-state index contributed by atoms with van der Waals surface area (Å²) in [6.07, 6.45) is 4.98. The fourth-order valence-corrected chi connectivity index (χ4v) is 6.55. The van der Waals surface area contributed by atoms with Gasteiger partial charge in [-0.1, -0.05) is 36.8 Å². The van der Waals surface area contributed by atoms with Crippen molar-refractivity contribution in [1.29, 1.82) is 0 Å². The third-order valence-corrected chi connectivity index (χ3v) is 8.56. The number of sulfonamides is 1. The van der Waals surface area contributed by atoms with Crippen LogP contribution in [0.2, 0.25) is 0 Å². The van der Waals surface area contributed by atoms with Crippen molar-refractivity contribution in [3.63, 3.8) is 0 Å². The predicted molar refractivity (Wildman–Crippen MR) is 128 cm³/mol. The first-order chi connectivity index (χ1) is 16.0. The molecule has 2 heterocycles. The molecule has 1 amide bonds. The first-order valence-electron chi connectivity index (χ1n) is 11.8. The van der Waals surface area contributed by atoms with Gasteiger partial charge in [-0.15, -0.1) is 0 Å². The largest absolute Gasteiger partial charge is 0.496 e. The Morgan fingerprint density at radius 3 is 2.30 bits per heavy atom. The molecular formula is C25H33N3O4S. The van der Waals surface area contributed by atoms with E-state index >= 15 is 0 Å². The molecule has 0 saturated carbocycles. The van der Waals surface area contributed by atoms with Crippen LogP contribution < -0.4 is 10.1 Å². The highest BCUT2D eigenvalue weighted by atomic mass is 32.2. The lowest BCUT2D eigenvalue weighted by Crippen LogP contribution is -2.39. The summed E-state index contributed by atoms with van der Waals surface area (Å²) in [4.78, 5) is 15.7. The highest BCUT2D eigenvalue weighted by molar-refractivity contribution is 7.89. The van der Waals surface area contributed by atoms with E-state index in [1.807, 2.05) is 24.3 Å². The number of para-hydroxylation sites is 1. The third-order valence-electron chi connectivity index (χ3n) is 6.60. The van der Waals surface area contributed by atoms with Gasteiger partial charge in [-0.05, 0) is 57.0 Å². The molecule has 1 atom stereocenters. The van der Waals surface area contributed by atoms with Crippen LogP contribution in [-0.4, -0.2) is 63.4 Å². The van der Waals surface area contributed by atoms with Crippen LogP contribution in [0.15, 0.2) is 53.4 Å². The molecule has 33 heavy (non-hydrogen) atoms. The molecule has 1 unspecified atom stereocenters. The zero-order valence-corrected chi connectivity index (χ0v) is 20.0. The van der Waals surface area contributed by atoms with Crippen LogP contribution in [0.3, 0.4) is 0 Å². The molecular weight excluding hydrogens is 438 g/mol. The van der Waals surface area contributed by atoms with Gasteiger partial charge in [0.2, 0.25) is 10.0 Å². The summed E-state index contributed by atoms with van der Waals surface area (Å²) in [7, 11) is -2.06. The second-order valence-corrected chi connectivity index (χ2v) is 10.6. The fraction of sp³-hybridized carbons (Fsp3) is 0.480. The van der Waals surface area contributed by atoms with E-state index in [1.54, 1.807) is 25.3 Å². The van der Waals surface area contributed by atoms with Crippen molar-refractivity contribution in [2.75, 3.05) is 39.8 Å². The Bertz CT molecular complexity index is 1060. The quantitative estimate of drug-likeness (QED) is 0.638. The van der Waals surface area contributed by atoms with Gasteiger partial charge in [0.15, 0.2) is 0 Å². The van der Waals surface area contributed by atoms with Crippen molar-refractivity contribution < 1.29 is 17.9 Å². The average Bonchev–Trinajstić information content (AvgIpc) is 3.39. The minimum Gasteiger partial charge on any atom is -0.496 e. The molecule has 4 rings (SSSR count). The summed E-state index contributed by atoms with van der Waals surface area (Å²) in [5, 5.41) is 3.02. The van der Waals surface area contributed by atoms with Crippen LogP contribution >= 0.6 is 0 Å². The van der Waals surface area contributed by atoms with Gasteiger partial charge in [0.1, 0.15) is 5.75 Å². The zero-order valence-electron chi connectivity index (χ0n) is 19.2. The summed E-state index contributed by atoms with van der Waals surface area (Å²) in [6, 6.07) is 14.4. The van der Waals surface area contributed by atoms with E-state index in [0.29, 0.717) is 19.6 Å². The summed E-state index contributed by atoms with van der Waals surface area (Å²) in [6.45, 7) is 3.29. The number of likely N-dealkylation sites (tertiary alicyclic amines) is 1. The van der Waals surface area contributed by atoms with Crippen LogP contribution in [-0.2, 0) is 10.0 Å². The Hall–Kier alpha value is -2.42. The normalized spacial score (nSPS) is 18.7. The van der Waals surface area contributed by atoms with E-state index in [1.165, 1.54) is 10.4 Å². The minimum absolute atomic E-state index is 0.0431. The number of hydrogen-bond donors (Lipinski definition) is 1. The fourth-order valence-electron chi connectivity index (χ4n) is 4.84. The zero-order chi connectivity index (χ0) is 23.3. The number of nitrogens with zero attached hydrogens (tertiary/aromatic N) is 2. The molecule has 0 radical (unpaired) electrons. The Labute approximate surface area is 196 Å². The van der Waals surface area contributed by atoms with Crippen molar-refractivity contribution in [3.8, 4) is 5.75 Å². The van der Waals surface area contributed by atoms with Gasteiger partial charge in [0.05, 0.1) is 23.6 Å². The van der Waals surface area contributed by atoms with E-state index < -0.39 is 10.0 Å². The van der Waals surface area contributed by atoms with Crippen molar-refractivity contribution in [2.24, 2.45) is 0 Å². The van der Waals surface area contributed by atoms with Gasteiger partial charge >= 0.3 is 0 Å². The highest BCUT2D eigenvalue weighted by Gasteiger charge is 2.31. The molecule has 0 aliphatic carbocycles. The topological polar surface area (TPSA) is 78.9 Å². The molecule has 1 N–H and O–H groups in total. The predicted octanol–water partition coefficient (Wildman–Crippen LogP) is 3.44. The maximum Gasteiger partial charge on any atom is 0.252 e. The van der Waals surface area contributed by atoms with Crippen molar-refractivity contribution in [2.45, 2.75) is 43.0 Å². The van der Waals surface area contributed by atoms with E-state index in [9.17, 15) is 13.2 Å². The van der Waals surface area contributed by atoms with Gasteiger partial charge in [-0.2, -0.15) is 4.31 Å². The Morgan fingerprint density at radius 1 is 0.939 bits per heavy atom. The molecule has 2 aromatic carbocycles. The lowest BCUT2D eigenvalue weighted by Gasteiger charge is -2.29. The molecule has 0 aromatic heterocycles. The lowest BCUT2D eigenvalue weighted by atomic mass is 10.0. The van der Waals surface area contributed by atoms with Gasteiger partial charge in [0, 0.05) is 25.2 Å². The number of piperidine rings is 1. The molecule has 2 aromatic rings. The lowest BCUT2D eigenvalue weighted by molar-refractivity contribution is 0.0933. The number of rotatable bonds is 8. The van der Waals surface area contributed by atoms with Crippen molar-refractivity contribution in [1.82, 2.24) is 14.5 Å². The molecule has 2 aliphatic heterocycles. The van der Waals surface area contributed by atoms with Crippen molar-refractivity contribution in [3.05, 3.63) is 59.7 Å². The van der Waals surface area contributed by atoms with Crippen molar-refractivity contribution >= 4 is 15.9 Å². The van der Waals surface area contributed by atoms with E-state index in [-0.39, 0.29) is 22.4 Å². The number of nitrogens with one attached hydrogen (secondary N) is 1. The number of carbonyl (C=O) groups excluding carboxylic acids is 1. The van der Waals surface area contributed by atoms with Crippen LogP contribution in [0.1, 0.15) is 54.1 Å². The number of hydrogen-bond acceptors (Lipinski definition) is 5. The molecule has 7 nitrogen and oxygen atoms in total. The van der Waals surface area contributed by atoms with E-state index in [0.717, 1.165) is 56.5 Å². The molecule has 2 aliphatic rings. The number of amides is 1. The monoisotopic (exact) mass is 471 g/mol. The molecule has 8 heteroatoms. The standard InChI is InChI=1S/C25H33N3O4S/c1-32-23-13-5-3-11-20(23)22(27-15-9-10-16-27)19-26-25(29)21-12-4-6-14-24(21)33(30,31)28-17-7-2-8-18-28/h3-6,11-14,22H,2,7-10,15-19H2,1H3,(H,26,29). The van der Waals surface area contributed by atoms with Gasteiger partial charge in [-0.3, -0.25) is 9.69 Å². The molecule has 0 bridgehead atoms. The van der Waals surface area contributed by atoms with Gasteiger partial charge in [-0.25, -0.2) is 8.42 Å². The van der Waals surface area contributed by atoms with Crippen LogP contribution in [0, 0.1) is 0 Å². The highest BCUT2D eigenvalue weighted by Crippen LogP contribution is 2.31. The van der Waals surface area contributed by atoms with Crippen LogP contribution in [0.4, 0.5) is 0 Å². The maximum atomic E-state index is 13.3. The Morgan fingerprint density at radius 2 is 1.58 bits per heavy atom. The SMILES string of the molecule is COc1ccccc1C(CNC(=O)c1ccccc1S(=O)(=O)N1CCCCC1)N1CCCC1. The molecule has 178 valence electrons. The number of benzene rings is 2. The summed E-state index contributed by atoms with van der Waals surface area (Å²) in [5.41, 5.74) is 1.22. The van der Waals surface area contributed by atoms with E-state index in [2.05, 4.69) is 10.2 Å². The first kappa shape index (κ1) is 23.7. The first-order valence-corrected chi connectivity index (χ1v) is 13.2. The molecule has 0 spiro atoms. The minimum atomic E-state index is -3.71. The van der Waals surface area contributed by atoms with Crippen LogP contribution in [0.5, 0.6) is 5.75 Å². The van der Waals surface area contributed by atoms with Crippen LogP contribution in [0.25, 0.3) is 0 Å². The summed E-state index contributed by atoms with van der Waals surface area (Å²) in [5.74, 6) is 0.419. The smallest absolute Gasteiger partial charge is 0.252 e. The van der Waals surface area contributed by atoms with Gasteiger partial charge < -0.3 is 10.1 Å². The maximum absolute atomic E-state index is 13.3. The Balaban J connectivity index is 1.56. The second-order valence-electron chi connectivity index (χ2n) is 8.67. The summed E-state index contributed by atoms with van der Waals surface area (Å²) >= 11 is 0. The number of methoxy groups -OCH3 is 1. The number of ether oxygens (including phenoxy) is 1. The van der Waals surface area contributed by atoms with Gasteiger partial charge in [0.25, 0.3) is 5.91 Å². The molecule has 2 fully saturated rings. The third kappa shape index (κ3) is 5.23.